The fourth-order valence-electron chi connectivity index (χ4n) is 2.58. The van der Waals surface area contributed by atoms with Crippen molar-refractivity contribution >= 4 is 11.8 Å². The summed E-state index contributed by atoms with van der Waals surface area (Å²) < 4.78 is 0. The minimum atomic E-state index is 0.468. The molecule has 1 aromatic carbocycles. The highest BCUT2D eigenvalue weighted by Gasteiger charge is 2.15. The van der Waals surface area contributed by atoms with Gasteiger partial charge < -0.3 is 10.2 Å². The first-order valence-corrected chi connectivity index (χ1v) is 9.09. The summed E-state index contributed by atoms with van der Waals surface area (Å²) in [6, 6.07) is 12.0. The number of benzene rings is 1. The van der Waals surface area contributed by atoms with Gasteiger partial charge in [-0.05, 0) is 44.8 Å². The molecule has 0 aliphatic carbocycles. The highest BCUT2D eigenvalue weighted by atomic mass is 32.2. The van der Waals surface area contributed by atoms with Gasteiger partial charge in [0.1, 0.15) is 0 Å². The zero-order chi connectivity index (χ0) is 14.8. The molecule has 0 bridgehead atoms. The minimum Gasteiger partial charge on any atom is -0.310 e. The molecule has 1 rings (SSSR count). The summed E-state index contributed by atoms with van der Waals surface area (Å²) >= 11 is 1.95. The molecule has 0 aliphatic rings. The molecule has 0 fully saturated rings. The van der Waals surface area contributed by atoms with Crippen LogP contribution in [0.15, 0.2) is 30.3 Å². The van der Waals surface area contributed by atoms with E-state index in [2.05, 4.69) is 67.7 Å². The van der Waals surface area contributed by atoms with Crippen molar-refractivity contribution in [1.82, 2.24) is 10.2 Å². The van der Waals surface area contributed by atoms with Crippen LogP contribution < -0.4 is 5.32 Å². The highest BCUT2D eigenvalue weighted by Crippen LogP contribution is 2.18. The standard InChI is InChI=1S/C17H30N2S/c1-5-16(14-20-4)19(3)13-12-17(18-6-2)15-10-8-7-9-11-15/h7-11,16-18H,5-6,12-14H2,1-4H3. The minimum absolute atomic E-state index is 0.468. The van der Waals surface area contributed by atoms with Crippen molar-refractivity contribution in [3.63, 3.8) is 0 Å². The van der Waals surface area contributed by atoms with E-state index in [0.717, 1.165) is 13.1 Å². The van der Waals surface area contributed by atoms with Crippen LogP contribution >= 0.6 is 11.8 Å². The molecular weight excluding hydrogens is 264 g/mol. The molecule has 114 valence electrons. The topological polar surface area (TPSA) is 15.3 Å². The van der Waals surface area contributed by atoms with E-state index in [9.17, 15) is 0 Å². The molecule has 0 heterocycles. The van der Waals surface area contributed by atoms with E-state index in [1.54, 1.807) is 0 Å². The van der Waals surface area contributed by atoms with Crippen LogP contribution in [-0.2, 0) is 0 Å². The van der Waals surface area contributed by atoms with Crippen molar-refractivity contribution in [3.8, 4) is 0 Å². The maximum atomic E-state index is 3.61. The molecule has 2 unspecified atom stereocenters. The number of nitrogens with one attached hydrogen (secondary N) is 1. The maximum Gasteiger partial charge on any atom is 0.0332 e. The Labute approximate surface area is 129 Å². The van der Waals surface area contributed by atoms with Gasteiger partial charge in [0.15, 0.2) is 0 Å². The van der Waals surface area contributed by atoms with Crippen molar-refractivity contribution in [1.29, 1.82) is 0 Å². The quantitative estimate of drug-likeness (QED) is 0.706. The summed E-state index contributed by atoms with van der Waals surface area (Å²) in [5, 5.41) is 3.61. The largest absolute Gasteiger partial charge is 0.310 e. The maximum absolute atomic E-state index is 3.61. The van der Waals surface area contributed by atoms with Crippen LogP contribution in [0.5, 0.6) is 0 Å². The molecule has 3 heteroatoms. The molecule has 0 amide bonds. The summed E-state index contributed by atoms with van der Waals surface area (Å²) in [7, 11) is 2.26. The SMILES string of the molecule is CCNC(CCN(C)C(CC)CSC)c1ccccc1. The summed E-state index contributed by atoms with van der Waals surface area (Å²) in [4.78, 5) is 2.52. The summed E-state index contributed by atoms with van der Waals surface area (Å²) in [5.74, 6) is 1.23. The number of thioether (sulfide) groups is 1. The average Bonchev–Trinajstić information content (AvgIpc) is 2.49. The number of rotatable bonds is 10. The van der Waals surface area contributed by atoms with Gasteiger partial charge in [-0.15, -0.1) is 0 Å². The molecule has 2 nitrogen and oxygen atoms in total. The molecule has 20 heavy (non-hydrogen) atoms. The number of hydrogen-bond acceptors (Lipinski definition) is 3. The smallest absolute Gasteiger partial charge is 0.0332 e. The van der Waals surface area contributed by atoms with Crippen LogP contribution in [-0.4, -0.2) is 43.1 Å². The Balaban J connectivity index is 2.54. The second-order valence-corrected chi connectivity index (χ2v) is 6.22. The van der Waals surface area contributed by atoms with Crippen LogP contribution in [0.4, 0.5) is 0 Å². The first kappa shape index (κ1) is 17.5. The number of nitrogens with zero attached hydrogens (tertiary/aromatic N) is 1. The predicted molar refractivity (Wildman–Crippen MR) is 92.6 cm³/mol. The third kappa shape index (κ3) is 5.86. The molecular formula is C17H30N2S. The van der Waals surface area contributed by atoms with E-state index in [1.807, 2.05) is 11.8 Å². The van der Waals surface area contributed by atoms with Crippen molar-refractivity contribution in [2.45, 2.75) is 38.8 Å². The normalized spacial score (nSPS) is 14.4. The van der Waals surface area contributed by atoms with Gasteiger partial charge in [-0.25, -0.2) is 0 Å². The Morgan fingerprint density at radius 3 is 2.45 bits per heavy atom. The summed E-state index contributed by atoms with van der Waals surface area (Å²) in [5.41, 5.74) is 1.40. The van der Waals surface area contributed by atoms with Crippen LogP contribution in [0.25, 0.3) is 0 Å². The van der Waals surface area contributed by atoms with Gasteiger partial charge in [-0.3, -0.25) is 0 Å². The molecule has 0 aliphatic heterocycles. The molecule has 1 N–H and O–H groups in total. The van der Waals surface area contributed by atoms with Gasteiger partial charge in [0.05, 0.1) is 0 Å². The summed E-state index contributed by atoms with van der Waals surface area (Å²) in [6.45, 7) is 6.63. The lowest BCUT2D eigenvalue weighted by molar-refractivity contribution is 0.241. The summed E-state index contributed by atoms with van der Waals surface area (Å²) in [6.07, 6.45) is 4.59. The van der Waals surface area contributed by atoms with Crippen molar-refractivity contribution < 1.29 is 0 Å². The van der Waals surface area contributed by atoms with Crippen LogP contribution in [0.3, 0.4) is 0 Å². The first-order valence-electron chi connectivity index (χ1n) is 7.70. The predicted octanol–water partition coefficient (Wildman–Crippen LogP) is 3.80. The van der Waals surface area contributed by atoms with Crippen LogP contribution in [0.2, 0.25) is 0 Å². The van der Waals surface area contributed by atoms with Crippen molar-refractivity contribution in [3.05, 3.63) is 35.9 Å². The zero-order valence-corrected chi connectivity index (χ0v) is 14.2. The third-order valence-corrected chi connectivity index (χ3v) is 4.59. The van der Waals surface area contributed by atoms with E-state index < -0.39 is 0 Å². The highest BCUT2D eigenvalue weighted by molar-refractivity contribution is 7.98. The second kappa shape index (κ2) is 10.3. The van der Waals surface area contributed by atoms with Gasteiger partial charge in [-0.1, -0.05) is 44.2 Å². The Hall–Kier alpha value is -0.510. The van der Waals surface area contributed by atoms with E-state index in [1.165, 1.54) is 24.2 Å². The first-order chi connectivity index (χ1) is 9.72. The van der Waals surface area contributed by atoms with Crippen LogP contribution in [0.1, 0.15) is 38.3 Å². The molecule has 0 saturated heterocycles. The Morgan fingerprint density at radius 2 is 1.90 bits per heavy atom. The van der Waals surface area contributed by atoms with Gasteiger partial charge >= 0.3 is 0 Å². The molecule has 0 aromatic heterocycles. The Morgan fingerprint density at radius 1 is 1.20 bits per heavy atom. The van der Waals surface area contributed by atoms with Crippen molar-refractivity contribution in [2.24, 2.45) is 0 Å². The molecule has 1 aromatic rings. The molecule has 0 spiro atoms. The molecule has 0 radical (unpaired) electrons. The van der Waals surface area contributed by atoms with Gasteiger partial charge in [-0.2, -0.15) is 11.8 Å². The van der Waals surface area contributed by atoms with Gasteiger partial charge in [0.25, 0.3) is 0 Å². The van der Waals surface area contributed by atoms with E-state index in [0.29, 0.717) is 12.1 Å². The molecule has 0 saturated carbocycles. The Bertz CT molecular complexity index is 342. The zero-order valence-electron chi connectivity index (χ0n) is 13.4. The monoisotopic (exact) mass is 294 g/mol. The number of hydrogen-bond donors (Lipinski definition) is 1. The third-order valence-electron chi connectivity index (χ3n) is 3.88. The van der Waals surface area contributed by atoms with E-state index in [-0.39, 0.29) is 0 Å². The van der Waals surface area contributed by atoms with Crippen LogP contribution in [0, 0.1) is 0 Å². The average molecular weight is 295 g/mol. The fourth-order valence-corrected chi connectivity index (χ4v) is 3.46. The lowest BCUT2D eigenvalue weighted by Gasteiger charge is -2.28. The van der Waals surface area contributed by atoms with E-state index >= 15 is 0 Å². The second-order valence-electron chi connectivity index (χ2n) is 5.31. The Kier molecular flexibility index (Phi) is 8.99. The van der Waals surface area contributed by atoms with Gasteiger partial charge in [0, 0.05) is 17.8 Å². The lowest BCUT2D eigenvalue weighted by atomic mass is 10.0. The van der Waals surface area contributed by atoms with Gasteiger partial charge in [0.2, 0.25) is 0 Å². The fraction of sp³-hybridized carbons (Fsp3) is 0.647. The molecule has 2 atom stereocenters. The van der Waals surface area contributed by atoms with E-state index in [4.69, 9.17) is 0 Å². The lowest BCUT2D eigenvalue weighted by Crippen LogP contribution is -2.36. The van der Waals surface area contributed by atoms with Crippen molar-refractivity contribution in [2.75, 3.05) is 32.1 Å².